The third-order valence-corrected chi connectivity index (χ3v) is 4.33. The number of hydrogen-bond donors (Lipinski definition) is 0. The monoisotopic (exact) mass is 377 g/mol. The van der Waals surface area contributed by atoms with Gasteiger partial charge in [0.05, 0.1) is 16.6 Å². The normalized spacial score (nSPS) is 10.9. The Bertz CT molecular complexity index is 1070. The Kier molecular flexibility index (Phi) is 3.70. The molecule has 0 atom stereocenters. The van der Waals surface area contributed by atoms with Gasteiger partial charge >= 0.3 is 0 Å². The third kappa shape index (κ3) is 2.53. The van der Waals surface area contributed by atoms with E-state index in [0.29, 0.717) is 16.7 Å². The molecule has 0 bridgehead atoms. The fourth-order valence-corrected chi connectivity index (χ4v) is 2.92. The summed E-state index contributed by atoms with van der Waals surface area (Å²) in [5.41, 5.74) is 2.21. The summed E-state index contributed by atoms with van der Waals surface area (Å²) in [5.74, 6) is 0.600. The minimum atomic E-state index is -0.0882. The van der Waals surface area contributed by atoms with Crippen LogP contribution in [-0.4, -0.2) is 14.5 Å². The average molecular weight is 378 g/mol. The molecule has 0 fully saturated rings. The topological polar surface area (TPSA) is 47.8 Å². The number of fused-ring (bicyclic) bond motifs is 1. The predicted octanol–water partition coefficient (Wildman–Crippen LogP) is 4.21. The lowest BCUT2D eigenvalue weighted by atomic mass is 10.2. The molecule has 0 radical (unpaired) electrons. The van der Waals surface area contributed by atoms with E-state index in [1.807, 2.05) is 54.6 Å². The first kappa shape index (κ1) is 14.8. The molecule has 24 heavy (non-hydrogen) atoms. The van der Waals surface area contributed by atoms with Crippen molar-refractivity contribution in [1.82, 2.24) is 14.5 Å². The van der Waals surface area contributed by atoms with Gasteiger partial charge in [0, 0.05) is 22.4 Å². The van der Waals surface area contributed by atoms with E-state index in [-0.39, 0.29) is 5.56 Å². The van der Waals surface area contributed by atoms with Crippen molar-refractivity contribution in [2.75, 3.05) is 0 Å². The van der Waals surface area contributed by atoms with Gasteiger partial charge in [0.15, 0.2) is 0 Å². The third-order valence-electron chi connectivity index (χ3n) is 3.80. The molecule has 4 rings (SSSR count). The van der Waals surface area contributed by atoms with Crippen molar-refractivity contribution >= 4 is 26.8 Å². The van der Waals surface area contributed by atoms with E-state index in [4.69, 9.17) is 4.98 Å². The Labute approximate surface area is 146 Å². The summed E-state index contributed by atoms with van der Waals surface area (Å²) in [7, 11) is 0. The van der Waals surface area contributed by atoms with Gasteiger partial charge in [-0.1, -0.05) is 28.1 Å². The van der Waals surface area contributed by atoms with Crippen LogP contribution in [0.5, 0.6) is 0 Å². The van der Waals surface area contributed by atoms with E-state index in [2.05, 4.69) is 20.9 Å². The highest BCUT2D eigenvalue weighted by molar-refractivity contribution is 9.10. The first-order valence-corrected chi connectivity index (χ1v) is 8.21. The maximum absolute atomic E-state index is 13.1. The second-order valence-corrected chi connectivity index (χ2v) is 6.22. The molecule has 2 aromatic heterocycles. The number of rotatable bonds is 2. The lowest BCUT2D eigenvalue weighted by molar-refractivity contribution is 0.974. The summed E-state index contributed by atoms with van der Waals surface area (Å²) in [6.45, 7) is 0. The van der Waals surface area contributed by atoms with Crippen LogP contribution in [-0.2, 0) is 0 Å². The fraction of sp³-hybridized carbons (Fsp3) is 0. The molecule has 2 aromatic carbocycles. The van der Waals surface area contributed by atoms with Crippen molar-refractivity contribution in [3.05, 3.63) is 87.9 Å². The van der Waals surface area contributed by atoms with Gasteiger partial charge in [-0.25, -0.2) is 4.98 Å². The zero-order chi connectivity index (χ0) is 16.5. The lowest BCUT2D eigenvalue weighted by Crippen LogP contribution is -2.21. The molecule has 2 heterocycles. The molecular weight excluding hydrogens is 366 g/mol. The quantitative estimate of drug-likeness (QED) is 0.525. The number of pyridine rings is 1. The molecule has 0 aliphatic rings. The number of aromatic nitrogens is 3. The van der Waals surface area contributed by atoms with Crippen molar-refractivity contribution in [3.8, 4) is 17.1 Å². The van der Waals surface area contributed by atoms with Gasteiger partial charge in [0.25, 0.3) is 5.56 Å². The molecular formula is C19H12BrN3O. The number of para-hydroxylation sites is 1. The van der Waals surface area contributed by atoms with Crippen LogP contribution in [0.1, 0.15) is 0 Å². The minimum Gasteiger partial charge on any atom is -0.268 e. The maximum atomic E-state index is 13.1. The molecule has 4 nitrogen and oxygen atoms in total. The van der Waals surface area contributed by atoms with Crippen LogP contribution in [0.15, 0.2) is 82.3 Å². The SMILES string of the molecule is O=c1c2ccccc2nc(-c2ccncc2)n1-c1ccc(Br)cc1. The van der Waals surface area contributed by atoms with E-state index in [9.17, 15) is 4.79 Å². The lowest BCUT2D eigenvalue weighted by Gasteiger charge is -2.13. The molecule has 0 unspecified atom stereocenters. The maximum Gasteiger partial charge on any atom is 0.266 e. The Morgan fingerprint density at radius 2 is 1.58 bits per heavy atom. The van der Waals surface area contributed by atoms with Crippen LogP contribution >= 0.6 is 15.9 Å². The Morgan fingerprint density at radius 3 is 2.33 bits per heavy atom. The minimum absolute atomic E-state index is 0.0882. The van der Waals surface area contributed by atoms with Gasteiger partial charge < -0.3 is 0 Å². The summed E-state index contributed by atoms with van der Waals surface area (Å²) in [6.07, 6.45) is 3.39. The van der Waals surface area contributed by atoms with Crippen LogP contribution < -0.4 is 5.56 Å². The summed E-state index contributed by atoms with van der Waals surface area (Å²) in [6, 6.07) is 18.7. The van der Waals surface area contributed by atoms with Gasteiger partial charge in [0.2, 0.25) is 0 Å². The van der Waals surface area contributed by atoms with E-state index < -0.39 is 0 Å². The second-order valence-electron chi connectivity index (χ2n) is 5.31. The standard InChI is InChI=1S/C19H12BrN3O/c20-14-5-7-15(8-6-14)23-18(13-9-11-21-12-10-13)22-17-4-2-1-3-16(17)19(23)24/h1-12H. The molecule has 0 saturated heterocycles. The van der Waals surface area contributed by atoms with Crippen molar-refractivity contribution in [3.63, 3.8) is 0 Å². The summed E-state index contributed by atoms with van der Waals surface area (Å²) in [4.78, 5) is 21.9. The van der Waals surface area contributed by atoms with E-state index in [1.165, 1.54) is 0 Å². The molecule has 0 N–H and O–H groups in total. The van der Waals surface area contributed by atoms with E-state index in [0.717, 1.165) is 15.7 Å². The van der Waals surface area contributed by atoms with E-state index >= 15 is 0 Å². The van der Waals surface area contributed by atoms with Crippen molar-refractivity contribution in [2.24, 2.45) is 0 Å². The van der Waals surface area contributed by atoms with Crippen LogP contribution in [0.3, 0.4) is 0 Å². The average Bonchev–Trinajstić information content (AvgIpc) is 2.63. The summed E-state index contributed by atoms with van der Waals surface area (Å²) in [5, 5.41) is 0.596. The number of benzene rings is 2. The first-order chi connectivity index (χ1) is 11.7. The number of nitrogens with zero attached hydrogens (tertiary/aromatic N) is 3. The molecule has 4 aromatic rings. The van der Waals surface area contributed by atoms with Crippen molar-refractivity contribution in [1.29, 1.82) is 0 Å². The van der Waals surface area contributed by atoms with Gasteiger partial charge in [-0.2, -0.15) is 0 Å². The fourth-order valence-electron chi connectivity index (χ4n) is 2.66. The Morgan fingerprint density at radius 1 is 0.875 bits per heavy atom. The molecule has 0 aliphatic heterocycles. The van der Waals surface area contributed by atoms with Crippen LogP contribution in [0.25, 0.3) is 28.0 Å². The van der Waals surface area contributed by atoms with Crippen molar-refractivity contribution < 1.29 is 0 Å². The zero-order valence-electron chi connectivity index (χ0n) is 12.6. The molecule has 5 heteroatoms. The van der Waals surface area contributed by atoms with Crippen molar-refractivity contribution in [2.45, 2.75) is 0 Å². The smallest absolute Gasteiger partial charge is 0.266 e. The second kappa shape index (κ2) is 6.02. The zero-order valence-corrected chi connectivity index (χ0v) is 14.1. The van der Waals surface area contributed by atoms with Gasteiger partial charge in [-0.05, 0) is 48.5 Å². The summed E-state index contributed by atoms with van der Waals surface area (Å²) < 4.78 is 2.60. The van der Waals surface area contributed by atoms with Gasteiger partial charge in [-0.15, -0.1) is 0 Å². The van der Waals surface area contributed by atoms with Crippen LogP contribution in [0.4, 0.5) is 0 Å². The Hall–Kier alpha value is -2.79. The van der Waals surface area contributed by atoms with Gasteiger partial charge in [-0.3, -0.25) is 14.3 Å². The largest absolute Gasteiger partial charge is 0.268 e. The highest BCUT2D eigenvalue weighted by Crippen LogP contribution is 2.22. The first-order valence-electron chi connectivity index (χ1n) is 7.42. The highest BCUT2D eigenvalue weighted by atomic mass is 79.9. The molecule has 0 saturated carbocycles. The van der Waals surface area contributed by atoms with Crippen LogP contribution in [0.2, 0.25) is 0 Å². The number of halogens is 1. The number of hydrogen-bond acceptors (Lipinski definition) is 3. The van der Waals surface area contributed by atoms with Gasteiger partial charge in [0.1, 0.15) is 5.82 Å². The molecule has 0 amide bonds. The van der Waals surface area contributed by atoms with E-state index in [1.54, 1.807) is 23.0 Å². The molecule has 0 aliphatic carbocycles. The Balaban J connectivity index is 2.11. The molecule has 116 valence electrons. The summed E-state index contributed by atoms with van der Waals surface area (Å²) >= 11 is 3.43. The predicted molar refractivity (Wildman–Crippen MR) is 98.3 cm³/mol. The van der Waals surface area contributed by atoms with Crippen LogP contribution in [0, 0.1) is 0 Å². The highest BCUT2D eigenvalue weighted by Gasteiger charge is 2.14. The molecule has 0 spiro atoms.